The minimum Gasteiger partial charge on any atom is -0.491 e. The van der Waals surface area contributed by atoms with Gasteiger partial charge in [0, 0.05) is 17.8 Å². The van der Waals surface area contributed by atoms with Gasteiger partial charge in [-0.3, -0.25) is 0 Å². The van der Waals surface area contributed by atoms with E-state index >= 15 is 0 Å². The normalized spacial score (nSPS) is 15.0. The van der Waals surface area contributed by atoms with Gasteiger partial charge in [-0.05, 0) is 42.5 Å². The van der Waals surface area contributed by atoms with Crippen molar-refractivity contribution in [1.82, 2.24) is 19.5 Å². The number of nitrogens with zero attached hydrogens (tertiary/aromatic N) is 4. The van der Waals surface area contributed by atoms with Gasteiger partial charge >= 0.3 is 5.97 Å². The minimum absolute atomic E-state index is 0.0929. The molecule has 0 aliphatic heterocycles. The monoisotopic (exact) mass is 444 g/mol. The first-order chi connectivity index (χ1) is 16.1. The molecule has 0 amide bonds. The number of hydrogen-bond donors (Lipinski definition) is 2. The zero-order chi connectivity index (χ0) is 22.8. The highest BCUT2D eigenvalue weighted by Gasteiger charge is 2.33. The second-order valence-corrected chi connectivity index (χ2v) is 8.29. The summed E-state index contributed by atoms with van der Waals surface area (Å²) in [6.45, 7) is 0.0929. The molecule has 3 aromatic heterocycles. The van der Waals surface area contributed by atoms with Crippen molar-refractivity contribution in [3.63, 3.8) is 0 Å². The molecule has 1 saturated carbocycles. The fourth-order valence-corrected chi connectivity index (χ4v) is 4.64. The molecule has 0 bridgehead atoms. The predicted octanol–water partition coefficient (Wildman–Crippen LogP) is 4.59. The Hall–Kier alpha value is -3.94. The van der Waals surface area contributed by atoms with Crippen LogP contribution in [0.1, 0.15) is 53.6 Å². The van der Waals surface area contributed by atoms with Crippen LogP contribution in [0.15, 0.2) is 60.9 Å². The Labute approximate surface area is 190 Å². The standard InChI is InChI=1S/C25H24N4O4/c30-24-21(33-15-16-7-2-1-3-8-16)19(25(31)32)27-22(28-24)20(17-9-4-5-10-17)29-14-12-18-11-6-13-26-23(18)29/h1-3,6-8,11-14,17,20H,4-5,9-10,15H2,(H,31,32)(H,27,28,30). The van der Waals surface area contributed by atoms with E-state index in [-0.39, 0.29) is 35.8 Å². The van der Waals surface area contributed by atoms with E-state index in [1.165, 1.54) is 0 Å². The van der Waals surface area contributed by atoms with E-state index in [0.29, 0.717) is 0 Å². The van der Waals surface area contributed by atoms with Crippen molar-refractivity contribution in [2.45, 2.75) is 38.3 Å². The van der Waals surface area contributed by atoms with Crippen LogP contribution < -0.4 is 4.74 Å². The van der Waals surface area contributed by atoms with Gasteiger partial charge in [0.1, 0.15) is 12.3 Å². The van der Waals surface area contributed by atoms with Gasteiger partial charge in [0.15, 0.2) is 11.5 Å². The van der Waals surface area contributed by atoms with Gasteiger partial charge in [0.2, 0.25) is 5.75 Å². The molecule has 4 aromatic rings. The number of hydrogen-bond acceptors (Lipinski definition) is 6. The molecule has 8 nitrogen and oxygen atoms in total. The van der Waals surface area contributed by atoms with Crippen molar-refractivity contribution < 1.29 is 19.7 Å². The maximum atomic E-state index is 12.1. The summed E-state index contributed by atoms with van der Waals surface area (Å²) in [6, 6.07) is 14.8. The Morgan fingerprint density at radius 1 is 1.09 bits per heavy atom. The maximum Gasteiger partial charge on any atom is 0.358 e. The lowest BCUT2D eigenvalue weighted by Crippen LogP contribution is -2.22. The molecule has 1 aliphatic rings. The van der Waals surface area contributed by atoms with Crippen LogP contribution in [0.2, 0.25) is 0 Å². The van der Waals surface area contributed by atoms with Crippen LogP contribution in [-0.2, 0) is 6.61 Å². The molecule has 1 aromatic carbocycles. The number of aromatic nitrogens is 4. The molecule has 2 N–H and O–H groups in total. The zero-order valence-electron chi connectivity index (χ0n) is 18.0. The lowest BCUT2D eigenvalue weighted by molar-refractivity contribution is 0.0682. The summed E-state index contributed by atoms with van der Waals surface area (Å²) in [5.74, 6) is -1.51. The fraction of sp³-hybridized carbons (Fsp3) is 0.280. The molecule has 8 heteroatoms. The number of carboxylic acid groups (broad SMARTS) is 1. The lowest BCUT2D eigenvalue weighted by atomic mass is 9.97. The number of pyridine rings is 1. The molecule has 0 radical (unpaired) electrons. The van der Waals surface area contributed by atoms with E-state index in [9.17, 15) is 15.0 Å². The van der Waals surface area contributed by atoms with Gasteiger partial charge in [-0.15, -0.1) is 0 Å². The van der Waals surface area contributed by atoms with Gasteiger partial charge in [-0.2, -0.15) is 4.98 Å². The van der Waals surface area contributed by atoms with Crippen molar-refractivity contribution in [2.75, 3.05) is 0 Å². The molecule has 3 heterocycles. The van der Waals surface area contributed by atoms with E-state index in [2.05, 4.69) is 15.0 Å². The molecular weight excluding hydrogens is 420 g/mol. The lowest BCUT2D eigenvalue weighted by Gasteiger charge is -2.25. The van der Waals surface area contributed by atoms with Crippen LogP contribution >= 0.6 is 0 Å². The molecule has 33 heavy (non-hydrogen) atoms. The van der Waals surface area contributed by atoms with Gasteiger partial charge in [0.25, 0.3) is 5.88 Å². The van der Waals surface area contributed by atoms with Crippen LogP contribution in [0, 0.1) is 5.92 Å². The van der Waals surface area contributed by atoms with Gasteiger partial charge in [-0.1, -0.05) is 43.2 Å². The van der Waals surface area contributed by atoms with Gasteiger partial charge in [0.05, 0.1) is 6.04 Å². The largest absolute Gasteiger partial charge is 0.491 e. The average Bonchev–Trinajstić information content (AvgIpc) is 3.50. The third-order valence-corrected chi connectivity index (χ3v) is 6.18. The molecule has 168 valence electrons. The van der Waals surface area contributed by atoms with Crippen molar-refractivity contribution in [1.29, 1.82) is 0 Å². The van der Waals surface area contributed by atoms with Crippen LogP contribution in [0.3, 0.4) is 0 Å². The highest BCUT2D eigenvalue weighted by Crippen LogP contribution is 2.40. The van der Waals surface area contributed by atoms with E-state index in [1.807, 2.05) is 59.3 Å². The number of ether oxygens (including phenoxy) is 1. The summed E-state index contributed by atoms with van der Waals surface area (Å²) < 4.78 is 7.66. The third-order valence-electron chi connectivity index (χ3n) is 6.18. The van der Waals surface area contributed by atoms with E-state index in [0.717, 1.165) is 42.3 Å². The summed E-state index contributed by atoms with van der Waals surface area (Å²) in [5, 5.41) is 21.6. The summed E-state index contributed by atoms with van der Waals surface area (Å²) in [5.41, 5.74) is 1.27. The Balaban J connectivity index is 1.57. The quantitative estimate of drug-likeness (QED) is 0.429. The molecular formula is C25H24N4O4. The second-order valence-electron chi connectivity index (χ2n) is 8.29. The third kappa shape index (κ3) is 4.11. The number of benzene rings is 1. The second kappa shape index (κ2) is 8.90. The van der Waals surface area contributed by atoms with Crippen molar-refractivity contribution in [3.05, 3.63) is 78.0 Å². The van der Waals surface area contributed by atoms with Crippen LogP contribution in [0.4, 0.5) is 0 Å². The Morgan fingerprint density at radius 3 is 2.64 bits per heavy atom. The Bertz CT molecular complexity index is 1280. The number of carbonyl (C=O) groups is 1. The molecule has 1 unspecified atom stereocenters. The molecule has 0 spiro atoms. The number of aromatic hydroxyl groups is 1. The molecule has 0 saturated heterocycles. The zero-order valence-corrected chi connectivity index (χ0v) is 18.0. The Kier molecular flexibility index (Phi) is 5.64. The van der Waals surface area contributed by atoms with E-state index in [1.54, 1.807) is 6.20 Å². The molecule has 1 aliphatic carbocycles. The van der Waals surface area contributed by atoms with Crippen LogP contribution in [0.5, 0.6) is 11.6 Å². The molecule has 1 atom stereocenters. The summed E-state index contributed by atoms with van der Waals surface area (Å²) in [6.07, 6.45) is 7.77. The highest BCUT2D eigenvalue weighted by atomic mass is 16.5. The first-order valence-electron chi connectivity index (χ1n) is 11.0. The smallest absolute Gasteiger partial charge is 0.358 e. The van der Waals surface area contributed by atoms with E-state index < -0.39 is 11.8 Å². The SMILES string of the molecule is O=C(O)c1nc(C(C2CCCC2)n2ccc3cccnc32)nc(O)c1OCc1ccccc1. The number of carboxylic acids is 1. The van der Waals surface area contributed by atoms with Crippen molar-refractivity contribution >= 4 is 17.0 Å². The first kappa shape index (κ1) is 20.9. The maximum absolute atomic E-state index is 12.1. The number of fused-ring (bicyclic) bond motifs is 1. The van der Waals surface area contributed by atoms with Crippen molar-refractivity contribution in [3.8, 4) is 11.6 Å². The topological polar surface area (TPSA) is 110 Å². The van der Waals surface area contributed by atoms with Gasteiger partial charge < -0.3 is 19.5 Å². The van der Waals surface area contributed by atoms with E-state index in [4.69, 9.17) is 4.74 Å². The highest BCUT2D eigenvalue weighted by molar-refractivity contribution is 5.89. The van der Waals surface area contributed by atoms with Crippen LogP contribution in [0.25, 0.3) is 11.0 Å². The fourth-order valence-electron chi connectivity index (χ4n) is 4.64. The minimum atomic E-state index is -1.28. The van der Waals surface area contributed by atoms with Crippen LogP contribution in [-0.4, -0.2) is 35.7 Å². The average molecular weight is 444 g/mol. The summed E-state index contributed by atoms with van der Waals surface area (Å²) in [7, 11) is 0. The van der Waals surface area contributed by atoms with Crippen molar-refractivity contribution in [2.24, 2.45) is 5.92 Å². The summed E-state index contributed by atoms with van der Waals surface area (Å²) in [4.78, 5) is 25.4. The number of rotatable bonds is 7. The van der Waals surface area contributed by atoms with Gasteiger partial charge in [-0.25, -0.2) is 14.8 Å². The first-order valence-corrected chi connectivity index (χ1v) is 11.0. The predicted molar refractivity (Wildman–Crippen MR) is 121 cm³/mol. The molecule has 1 fully saturated rings. The number of aromatic carboxylic acids is 1. The summed E-state index contributed by atoms with van der Waals surface area (Å²) >= 11 is 0. The Morgan fingerprint density at radius 2 is 1.88 bits per heavy atom. The molecule has 5 rings (SSSR count).